The number of esters is 2. The third-order valence-corrected chi connectivity index (χ3v) is 13.4. The fourth-order valence-corrected chi connectivity index (χ4v) is 11.0. The summed E-state index contributed by atoms with van der Waals surface area (Å²) < 4.78 is 23.8. The van der Waals surface area contributed by atoms with Crippen LogP contribution < -0.4 is 0 Å². The highest BCUT2D eigenvalue weighted by Gasteiger charge is 2.45. The van der Waals surface area contributed by atoms with Gasteiger partial charge in [-0.05, 0) is 59.0 Å². The topological polar surface area (TPSA) is 71.1 Å². The van der Waals surface area contributed by atoms with Gasteiger partial charge in [0.05, 0.1) is 6.61 Å². The van der Waals surface area contributed by atoms with E-state index in [1.54, 1.807) is 0 Å². The summed E-state index contributed by atoms with van der Waals surface area (Å²) in [7, 11) is -6.10. The van der Waals surface area contributed by atoms with Crippen LogP contribution in [0.1, 0.15) is 65.7 Å². The maximum Gasteiger partial charge on any atom is 0.346 e. The summed E-state index contributed by atoms with van der Waals surface area (Å²) in [6.07, 6.45) is 9.61. The molecule has 0 aromatic heterocycles. The molecule has 0 saturated heterocycles. The second-order valence-corrected chi connectivity index (χ2v) is 22.4. The first-order chi connectivity index (χ1) is 14.2. The van der Waals surface area contributed by atoms with E-state index >= 15 is 0 Å². The Balaban J connectivity index is 4.80. The van der Waals surface area contributed by atoms with E-state index in [1.165, 1.54) is 19.3 Å². The molecule has 0 aliphatic rings. The second-order valence-electron chi connectivity index (χ2n) is 10.1. The number of unbranched alkanes of at least 4 members (excludes halogenated alkanes) is 5. The minimum atomic E-state index is -2.32. The molecule has 0 rings (SSSR count). The third kappa shape index (κ3) is 15.7. The first kappa shape index (κ1) is 30.3. The largest absolute Gasteiger partial charge is 0.463 e. The number of hydrogen-bond donors (Lipinski definition) is 0. The Kier molecular flexibility index (Phi) is 14.1. The van der Waals surface area contributed by atoms with Crippen LogP contribution in [-0.4, -0.2) is 49.7 Å². The Morgan fingerprint density at radius 2 is 1.29 bits per heavy atom. The molecule has 0 aliphatic heterocycles. The van der Waals surface area contributed by atoms with Crippen molar-refractivity contribution in [2.24, 2.45) is 0 Å². The summed E-state index contributed by atoms with van der Waals surface area (Å²) in [6.45, 7) is 19.1. The lowest BCUT2D eigenvalue weighted by Gasteiger charge is -2.40. The van der Waals surface area contributed by atoms with Crippen molar-refractivity contribution >= 4 is 37.9 Å². The highest BCUT2D eigenvalue weighted by atomic mass is 28.4. The maximum absolute atomic E-state index is 12.5. The van der Waals surface area contributed by atoms with Gasteiger partial charge in [-0.2, -0.15) is 0 Å². The van der Waals surface area contributed by atoms with Crippen molar-refractivity contribution < 1.29 is 27.3 Å². The van der Waals surface area contributed by atoms with Crippen LogP contribution in [0.15, 0.2) is 12.2 Å². The van der Waals surface area contributed by atoms with Crippen molar-refractivity contribution in [3.63, 3.8) is 0 Å². The summed E-state index contributed by atoms with van der Waals surface area (Å²) in [4.78, 5) is 24.3. The summed E-state index contributed by atoms with van der Waals surface area (Å²) in [5.74, 6) is -1.09. The van der Waals surface area contributed by atoms with E-state index in [9.17, 15) is 9.59 Å². The van der Waals surface area contributed by atoms with Gasteiger partial charge >= 0.3 is 21.2 Å². The van der Waals surface area contributed by atoms with E-state index < -0.39 is 43.1 Å². The van der Waals surface area contributed by atoms with Crippen LogP contribution >= 0.6 is 0 Å². The smallest absolute Gasteiger partial charge is 0.346 e. The first-order valence-corrected chi connectivity index (χ1v) is 20.0. The van der Waals surface area contributed by atoms with Gasteiger partial charge in [-0.15, -0.1) is 0 Å². The minimum Gasteiger partial charge on any atom is -0.463 e. The molecule has 0 aromatic carbocycles. The lowest BCUT2D eigenvalue weighted by molar-refractivity contribution is -0.147. The van der Waals surface area contributed by atoms with Crippen LogP contribution in [0.2, 0.25) is 39.3 Å². The lowest BCUT2D eigenvalue weighted by Crippen LogP contribution is -2.57. The number of carbonyl (C=O) groups is 2. The van der Waals surface area contributed by atoms with E-state index in [1.807, 2.05) is 13.8 Å². The fourth-order valence-electron chi connectivity index (χ4n) is 2.71. The minimum absolute atomic E-state index is 0.375. The van der Waals surface area contributed by atoms with Crippen LogP contribution in [-0.2, 0) is 27.3 Å². The van der Waals surface area contributed by atoms with Crippen LogP contribution in [0, 0.1) is 0 Å². The van der Waals surface area contributed by atoms with Gasteiger partial charge in [-0.1, -0.05) is 46.0 Å². The van der Waals surface area contributed by atoms with Crippen molar-refractivity contribution in [2.75, 3.05) is 6.61 Å². The Morgan fingerprint density at radius 1 is 0.806 bits per heavy atom. The lowest BCUT2D eigenvalue weighted by atomic mass is 10.1. The summed E-state index contributed by atoms with van der Waals surface area (Å²) in [5, 5.41) is -0.815. The monoisotopic (exact) mass is 490 g/mol. The van der Waals surface area contributed by atoms with Gasteiger partial charge in [0.15, 0.2) is 16.6 Å². The van der Waals surface area contributed by atoms with Crippen LogP contribution in [0.3, 0.4) is 0 Å². The molecule has 1 atom stereocenters. The van der Waals surface area contributed by atoms with Gasteiger partial charge in [0.25, 0.3) is 0 Å². The van der Waals surface area contributed by atoms with Crippen molar-refractivity contribution in [3.05, 3.63) is 12.2 Å². The molecule has 0 N–H and O–H groups in total. The Labute approximate surface area is 194 Å². The molecule has 0 saturated carbocycles. The Bertz CT molecular complexity index is 553. The van der Waals surface area contributed by atoms with E-state index in [0.29, 0.717) is 13.0 Å². The van der Waals surface area contributed by atoms with Gasteiger partial charge in [0, 0.05) is 12.2 Å². The molecule has 9 heteroatoms. The van der Waals surface area contributed by atoms with Gasteiger partial charge in [-0.3, -0.25) is 0 Å². The number of carbonyl (C=O) groups excluding carboxylic acids is 2. The normalized spacial score (nSPS) is 14.6. The summed E-state index contributed by atoms with van der Waals surface area (Å²) in [5.41, 5.74) is 0. The highest BCUT2D eigenvalue weighted by Crippen LogP contribution is 2.26. The van der Waals surface area contributed by atoms with Crippen molar-refractivity contribution in [3.8, 4) is 0 Å². The molecule has 0 fully saturated rings. The molecule has 0 aliphatic carbocycles. The van der Waals surface area contributed by atoms with Crippen LogP contribution in [0.5, 0.6) is 0 Å². The zero-order valence-electron chi connectivity index (χ0n) is 21.3. The number of rotatable bonds is 16. The molecular formula is C22H46O6Si3. The average Bonchev–Trinajstić information content (AvgIpc) is 2.62. The third-order valence-electron chi connectivity index (χ3n) is 4.55. The van der Waals surface area contributed by atoms with Crippen LogP contribution in [0.25, 0.3) is 0 Å². The van der Waals surface area contributed by atoms with E-state index in [0.717, 1.165) is 31.4 Å². The SMILES string of the molecule is CCCCCCCCOC(=O)C=CC(=O)OC(C)(CC)[SiH](O[Si](C)(C)C)O[Si](C)(C)C. The van der Waals surface area contributed by atoms with Crippen LogP contribution in [0.4, 0.5) is 0 Å². The van der Waals surface area contributed by atoms with Crippen molar-refractivity contribution in [1.82, 2.24) is 0 Å². The molecule has 6 nitrogen and oxygen atoms in total. The molecule has 0 spiro atoms. The van der Waals surface area contributed by atoms with E-state index in [4.69, 9.17) is 17.7 Å². The predicted octanol–water partition coefficient (Wildman–Crippen LogP) is 5.62. The predicted molar refractivity (Wildman–Crippen MR) is 134 cm³/mol. The van der Waals surface area contributed by atoms with Gasteiger partial charge in [-0.25, -0.2) is 9.59 Å². The maximum atomic E-state index is 12.5. The van der Waals surface area contributed by atoms with Crippen molar-refractivity contribution in [1.29, 1.82) is 0 Å². The Hall–Kier alpha value is -0.749. The number of hydrogen-bond acceptors (Lipinski definition) is 6. The summed E-state index contributed by atoms with van der Waals surface area (Å²) in [6, 6.07) is 0. The molecular weight excluding hydrogens is 444 g/mol. The molecule has 1 unspecified atom stereocenters. The van der Waals surface area contributed by atoms with Gasteiger partial charge in [0.2, 0.25) is 0 Å². The Morgan fingerprint density at radius 3 is 1.77 bits per heavy atom. The molecule has 0 radical (unpaired) electrons. The van der Waals surface area contributed by atoms with Gasteiger partial charge < -0.3 is 17.7 Å². The molecule has 31 heavy (non-hydrogen) atoms. The zero-order valence-corrected chi connectivity index (χ0v) is 24.5. The molecule has 182 valence electrons. The fraction of sp³-hybridized carbons (Fsp3) is 0.818. The molecule has 0 bridgehead atoms. The standard InChI is InChI=1S/C22H46O6Si3/c1-10-12-13-14-15-16-19-25-20(23)17-18-21(24)26-22(3,11-2)29(27-30(4,5)6)28-31(7,8)9/h17-18,29H,10-16,19H2,1-9H3. The zero-order chi connectivity index (χ0) is 24.1. The second kappa shape index (κ2) is 14.4. The average molecular weight is 491 g/mol. The van der Waals surface area contributed by atoms with E-state index in [2.05, 4.69) is 46.2 Å². The quantitative estimate of drug-likeness (QED) is 0.121. The molecule has 0 heterocycles. The molecule has 0 amide bonds. The number of ether oxygens (including phenoxy) is 2. The van der Waals surface area contributed by atoms with Crippen molar-refractivity contribution in [2.45, 2.75) is 110 Å². The van der Waals surface area contributed by atoms with E-state index in [-0.39, 0.29) is 0 Å². The molecule has 0 aromatic rings. The van der Waals surface area contributed by atoms with Gasteiger partial charge in [0.1, 0.15) is 5.22 Å². The summed E-state index contributed by atoms with van der Waals surface area (Å²) >= 11 is 0. The highest BCUT2D eigenvalue weighted by molar-refractivity contribution is 6.81. The first-order valence-electron chi connectivity index (χ1n) is 11.7.